The van der Waals surface area contributed by atoms with Gasteiger partial charge in [0.15, 0.2) is 5.96 Å². The molecule has 3 N–H and O–H groups in total. The summed E-state index contributed by atoms with van der Waals surface area (Å²) in [6, 6.07) is 10.3. The Balaban J connectivity index is 1.48. The number of carbonyl (C=O) groups excluding carboxylic acids is 1. The third-order valence-electron chi connectivity index (χ3n) is 4.32. The Morgan fingerprint density at radius 1 is 1.19 bits per heavy atom. The molecule has 0 aliphatic heterocycles. The van der Waals surface area contributed by atoms with E-state index in [0.29, 0.717) is 19.6 Å². The molecule has 0 radical (unpaired) electrons. The van der Waals surface area contributed by atoms with Crippen molar-refractivity contribution in [2.24, 2.45) is 10.9 Å². The molecule has 0 atom stereocenters. The fraction of sp³-hybridized carbons (Fsp3) is 0.450. The van der Waals surface area contributed by atoms with Gasteiger partial charge < -0.3 is 16.0 Å². The fourth-order valence-corrected chi connectivity index (χ4v) is 2.78. The number of rotatable bonds is 9. The molecule has 1 aliphatic carbocycles. The first-order valence-electron chi connectivity index (χ1n) is 9.59. The summed E-state index contributed by atoms with van der Waals surface area (Å²) in [5.41, 5.74) is 2.35. The third-order valence-corrected chi connectivity index (χ3v) is 4.32. The van der Waals surface area contributed by atoms with Gasteiger partial charge in [0.05, 0.1) is 13.1 Å². The van der Waals surface area contributed by atoms with Gasteiger partial charge in [-0.15, -0.1) is 0 Å². The Hall–Kier alpha value is -2.83. The second-order valence-electron chi connectivity index (χ2n) is 6.71. The zero-order valence-electron chi connectivity index (χ0n) is 15.8. The molecule has 0 unspecified atom stereocenters. The maximum atomic E-state index is 11.6. The molecule has 7 nitrogen and oxygen atoms in total. The monoisotopic (exact) mass is 368 g/mol. The Morgan fingerprint density at radius 2 is 2.00 bits per heavy atom. The van der Waals surface area contributed by atoms with Crippen LogP contribution in [0.4, 0.5) is 0 Å². The van der Waals surface area contributed by atoms with Gasteiger partial charge in [-0.1, -0.05) is 24.3 Å². The highest BCUT2D eigenvalue weighted by molar-refractivity contribution is 5.81. The molecule has 1 aliphatic rings. The number of amides is 1. The van der Waals surface area contributed by atoms with Crippen LogP contribution in [0.25, 0.3) is 0 Å². The average Bonchev–Trinajstić information content (AvgIpc) is 3.41. The van der Waals surface area contributed by atoms with Crippen LogP contribution in [0, 0.1) is 5.92 Å². The average molecular weight is 368 g/mol. The van der Waals surface area contributed by atoms with Crippen LogP contribution in [0.2, 0.25) is 0 Å². The molecule has 1 heterocycles. The molecule has 144 valence electrons. The van der Waals surface area contributed by atoms with Gasteiger partial charge in [0, 0.05) is 37.9 Å². The van der Waals surface area contributed by atoms with Crippen molar-refractivity contribution in [1.82, 2.24) is 25.7 Å². The second kappa shape index (κ2) is 9.75. The predicted molar refractivity (Wildman–Crippen MR) is 106 cm³/mol. The third kappa shape index (κ3) is 6.44. The molecule has 3 rings (SSSR count). The standard InChI is InChI=1S/C20H28N6O/c1-2-21-20(23-11-10-22-19(27)18-7-8-18)24-14-16-5-3-6-17(13-16)15-26-12-4-9-25-26/h3-6,9,12-13,18H,2,7-8,10-11,14-15H2,1H3,(H,22,27)(H2,21,23,24). The van der Waals surface area contributed by atoms with Crippen LogP contribution in [0.3, 0.4) is 0 Å². The maximum Gasteiger partial charge on any atom is 0.223 e. The Bertz CT molecular complexity index is 752. The number of carbonyl (C=O) groups is 1. The van der Waals surface area contributed by atoms with Gasteiger partial charge in [-0.25, -0.2) is 4.99 Å². The van der Waals surface area contributed by atoms with E-state index in [-0.39, 0.29) is 11.8 Å². The van der Waals surface area contributed by atoms with Crippen LogP contribution < -0.4 is 16.0 Å². The van der Waals surface area contributed by atoms with Crippen molar-refractivity contribution in [2.45, 2.75) is 32.9 Å². The molecular formula is C20H28N6O. The first-order chi connectivity index (χ1) is 13.2. The number of guanidine groups is 1. The lowest BCUT2D eigenvalue weighted by atomic mass is 10.1. The van der Waals surface area contributed by atoms with E-state index in [9.17, 15) is 4.79 Å². The molecule has 2 aromatic rings. The summed E-state index contributed by atoms with van der Waals surface area (Å²) in [4.78, 5) is 16.3. The van der Waals surface area contributed by atoms with Gasteiger partial charge in [-0.05, 0) is 37.0 Å². The van der Waals surface area contributed by atoms with Gasteiger partial charge in [0.25, 0.3) is 0 Å². The Morgan fingerprint density at radius 3 is 2.74 bits per heavy atom. The highest BCUT2D eigenvalue weighted by Crippen LogP contribution is 2.28. The van der Waals surface area contributed by atoms with E-state index in [2.05, 4.69) is 50.3 Å². The van der Waals surface area contributed by atoms with Gasteiger partial charge in [-0.2, -0.15) is 5.10 Å². The SMILES string of the molecule is CCNC(=NCc1cccc(Cn2cccn2)c1)NCCNC(=O)C1CC1. The summed E-state index contributed by atoms with van der Waals surface area (Å²) < 4.78 is 1.91. The Kier molecular flexibility index (Phi) is 6.84. The minimum atomic E-state index is 0.174. The molecule has 0 spiro atoms. The molecular weight excluding hydrogens is 340 g/mol. The van der Waals surface area contributed by atoms with Crippen molar-refractivity contribution in [3.63, 3.8) is 0 Å². The number of hydrogen-bond acceptors (Lipinski definition) is 3. The lowest BCUT2D eigenvalue weighted by molar-refractivity contribution is -0.122. The van der Waals surface area contributed by atoms with Gasteiger partial charge in [0.1, 0.15) is 0 Å². The molecule has 7 heteroatoms. The first kappa shape index (κ1) is 18.9. The number of benzene rings is 1. The zero-order chi connectivity index (χ0) is 18.9. The van der Waals surface area contributed by atoms with Crippen LogP contribution in [0.5, 0.6) is 0 Å². The second-order valence-corrected chi connectivity index (χ2v) is 6.71. The Labute approximate surface area is 160 Å². The van der Waals surface area contributed by atoms with Crippen LogP contribution in [-0.4, -0.2) is 41.3 Å². The number of nitrogens with one attached hydrogen (secondary N) is 3. The number of aliphatic imine (C=N–C) groups is 1. The number of nitrogens with zero attached hydrogens (tertiary/aromatic N) is 3. The lowest BCUT2D eigenvalue weighted by Gasteiger charge is -2.12. The van der Waals surface area contributed by atoms with E-state index >= 15 is 0 Å². The molecule has 1 fully saturated rings. The molecule has 1 amide bonds. The smallest absolute Gasteiger partial charge is 0.223 e. The van der Waals surface area contributed by atoms with E-state index in [1.807, 2.05) is 23.9 Å². The molecule has 1 aromatic heterocycles. The van der Waals surface area contributed by atoms with E-state index < -0.39 is 0 Å². The normalized spacial score (nSPS) is 14.0. The highest BCUT2D eigenvalue weighted by atomic mass is 16.2. The van der Waals surface area contributed by atoms with E-state index in [4.69, 9.17) is 0 Å². The minimum Gasteiger partial charge on any atom is -0.357 e. The molecule has 27 heavy (non-hydrogen) atoms. The van der Waals surface area contributed by atoms with Gasteiger partial charge in [-0.3, -0.25) is 9.48 Å². The quantitative estimate of drug-likeness (QED) is 0.356. The lowest BCUT2D eigenvalue weighted by Crippen LogP contribution is -2.41. The maximum absolute atomic E-state index is 11.6. The summed E-state index contributed by atoms with van der Waals surface area (Å²) >= 11 is 0. The zero-order valence-corrected chi connectivity index (χ0v) is 15.8. The fourth-order valence-electron chi connectivity index (χ4n) is 2.78. The van der Waals surface area contributed by atoms with Crippen molar-refractivity contribution < 1.29 is 4.79 Å². The topological polar surface area (TPSA) is 83.3 Å². The number of aromatic nitrogens is 2. The minimum absolute atomic E-state index is 0.174. The molecule has 1 aromatic carbocycles. The molecule has 0 bridgehead atoms. The molecule has 1 saturated carbocycles. The molecule has 0 saturated heterocycles. The summed E-state index contributed by atoms with van der Waals surface area (Å²) in [5.74, 6) is 1.18. The van der Waals surface area contributed by atoms with E-state index in [1.54, 1.807) is 6.20 Å². The van der Waals surface area contributed by atoms with Crippen molar-refractivity contribution in [3.8, 4) is 0 Å². The summed E-state index contributed by atoms with van der Waals surface area (Å²) in [5, 5.41) is 13.7. The number of hydrogen-bond donors (Lipinski definition) is 3. The van der Waals surface area contributed by atoms with Crippen LogP contribution in [-0.2, 0) is 17.9 Å². The van der Waals surface area contributed by atoms with Crippen LogP contribution >= 0.6 is 0 Å². The van der Waals surface area contributed by atoms with Crippen molar-refractivity contribution in [3.05, 3.63) is 53.9 Å². The van der Waals surface area contributed by atoms with Crippen molar-refractivity contribution in [1.29, 1.82) is 0 Å². The summed E-state index contributed by atoms with van der Waals surface area (Å²) in [6.07, 6.45) is 5.81. The van der Waals surface area contributed by atoms with E-state index in [0.717, 1.165) is 37.5 Å². The summed E-state index contributed by atoms with van der Waals surface area (Å²) in [7, 11) is 0. The van der Waals surface area contributed by atoms with Crippen molar-refractivity contribution >= 4 is 11.9 Å². The summed E-state index contributed by atoms with van der Waals surface area (Å²) in [6.45, 7) is 5.44. The van der Waals surface area contributed by atoms with Crippen molar-refractivity contribution in [2.75, 3.05) is 19.6 Å². The van der Waals surface area contributed by atoms with Gasteiger partial charge in [0.2, 0.25) is 5.91 Å². The van der Waals surface area contributed by atoms with E-state index in [1.165, 1.54) is 5.56 Å². The predicted octanol–water partition coefficient (Wildman–Crippen LogP) is 1.51. The van der Waals surface area contributed by atoms with Crippen LogP contribution in [0.15, 0.2) is 47.7 Å². The first-order valence-corrected chi connectivity index (χ1v) is 9.59. The highest BCUT2D eigenvalue weighted by Gasteiger charge is 2.28. The van der Waals surface area contributed by atoms with Crippen LogP contribution in [0.1, 0.15) is 30.9 Å². The largest absolute Gasteiger partial charge is 0.357 e. The van der Waals surface area contributed by atoms with Gasteiger partial charge >= 0.3 is 0 Å².